The lowest BCUT2D eigenvalue weighted by Crippen LogP contribution is -1.92. The van der Waals surface area contributed by atoms with E-state index < -0.39 is 10.7 Å². The fraction of sp³-hybridized carbons (Fsp3) is 0. The molecule has 0 saturated heterocycles. The van der Waals surface area contributed by atoms with Gasteiger partial charge in [0.2, 0.25) is 0 Å². The predicted octanol–water partition coefficient (Wildman–Crippen LogP) is 4.18. The van der Waals surface area contributed by atoms with Crippen molar-refractivity contribution in [1.82, 2.24) is 0 Å². The topological polar surface area (TPSA) is 52.4 Å². The lowest BCUT2D eigenvalue weighted by Gasteiger charge is -2.07. The lowest BCUT2D eigenvalue weighted by atomic mass is 10.3. The first-order valence-corrected chi connectivity index (χ1v) is 5.32. The van der Waals surface area contributed by atoms with Gasteiger partial charge in [0, 0.05) is 6.07 Å². The highest BCUT2D eigenvalue weighted by atomic mass is 35.5. The molecule has 2 aromatic carbocycles. The second-order valence-corrected chi connectivity index (χ2v) is 3.81. The Bertz CT molecular complexity index is 604. The number of hydrogen-bond donors (Lipinski definition) is 0. The van der Waals surface area contributed by atoms with Crippen LogP contribution in [0.15, 0.2) is 42.5 Å². The Balaban J connectivity index is 2.30. The van der Waals surface area contributed by atoms with Crippen LogP contribution in [0.25, 0.3) is 0 Å². The van der Waals surface area contributed by atoms with Crippen LogP contribution in [-0.2, 0) is 0 Å². The average molecular weight is 268 g/mol. The summed E-state index contributed by atoms with van der Waals surface area (Å²) in [6.07, 6.45) is 0. The van der Waals surface area contributed by atoms with Crippen molar-refractivity contribution in [3.8, 4) is 11.5 Å². The molecular formula is C12H7ClFNO3. The molecule has 0 radical (unpaired) electrons. The third kappa shape index (κ3) is 2.57. The van der Waals surface area contributed by atoms with Gasteiger partial charge in [0.05, 0.1) is 16.0 Å². The van der Waals surface area contributed by atoms with E-state index in [0.717, 1.165) is 12.1 Å². The summed E-state index contributed by atoms with van der Waals surface area (Å²) in [7, 11) is 0. The van der Waals surface area contributed by atoms with Crippen molar-refractivity contribution in [3.05, 3.63) is 63.4 Å². The summed E-state index contributed by atoms with van der Waals surface area (Å²) < 4.78 is 18.8. The molecule has 0 amide bonds. The monoisotopic (exact) mass is 267 g/mol. The van der Waals surface area contributed by atoms with Crippen LogP contribution in [0.3, 0.4) is 0 Å². The molecule has 2 rings (SSSR count). The zero-order valence-electron chi connectivity index (χ0n) is 8.97. The Morgan fingerprint density at radius 3 is 2.50 bits per heavy atom. The quantitative estimate of drug-likeness (QED) is 0.619. The van der Waals surface area contributed by atoms with Gasteiger partial charge in [-0.3, -0.25) is 10.1 Å². The summed E-state index contributed by atoms with van der Waals surface area (Å²) in [4.78, 5) is 9.78. The Morgan fingerprint density at radius 2 is 1.89 bits per heavy atom. The first kappa shape index (κ1) is 12.3. The molecule has 2 aromatic rings. The van der Waals surface area contributed by atoms with Gasteiger partial charge in [0.1, 0.15) is 5.75 Å². The molecule has 0 aromatic heterocycles. The minimum absolute atomic E-state index is 0.117. The molecule has 18 heavy (non-hydrogen) atoms. The van der Waals surface area contributed by atoms with E-state index in [1.807, 2.05) is 0 Å². The van der Waals surface area contributed by atoms with Crippen molar-refractivity contribution >= 4 is 17.3 Å². The molecule has 0 aliphatic rings. The first-order valence-electron chi connectivity index (χ1n) is 4.94. The maximum absolute atomic E-state index is 13.6. The van der Waals surface area contributed by atoms with Crippen LogP contribution in [0, 0.1) is 15.9 Å². The molecule has 0 unspecified atom stereocenters. The number of hydrogen-bond acceptors (Lipinski definition) is 3. The zero-order chi connectivity index (χ0) is 13.1. The normalized spacial score (nSPS) is 10.1. The molecule has 4 nitrogen and oxygen atoms in total. The van der Waals surface area contributed by atoms with Crippen molar-refractivity contribution < 1.29 is 14.1 Å². The Labute approximate surface area is 107 Å². The van der Waals surface area contributed by atoms with Crippen LogP contribution in [0.1, 0.15) is 0 Å². The van der Waals surface area contributed by atoms with E-state index in [9.17, 15) is 14.5 Å². The molecule has 0 aliphatic carbocycles. The highest BCUT2D eigenvalue weighted by Gasteiger charge is 2.13. The number of para-hydroxylation sites is 1. The predicted molar refractivity (Wildman–Crippen MR) is 64.6 cm³/mol. The zero-order valence-corrected chi connectivity index (χ0v) is 9.73. The summed E-state index contributed by atoms with van der Waals surface area (Å²) in [5.74, 6) is -0.648. The van der Waals surface area contributed by atoms with Gasteiger partial charge >= 0.3 is 0 Å². The van der Waals surface area contributed by atoms with Gasteiger partial charge in [-0.1, -0.05) is 23.7 Å². The average Bonchev–Trinajstić information content (AvgIpc) is 2.34. The summed E-state index contributed by atoms with van der Waals surface area (Å²) in [5, 5.41) is 10.8. The number of non-ortho nitro benzene ring substituents is 1. The molecule has 0 bridgehead atoms. The molecule has 0 spiro atoms. The van der Waals surface area contributed by atoms with Crippen molar-refractivity contribution in [1.29, 1.82) is 0 Å². The van der Waals surface area contributed by atoms with Gasteiger partial charge in [-0.2, -0.15) is 0 Å². The summed E-state index contributed by atoms with van der Waals surface area (Å²) >= 11 is 5.85. The molecule has 0 N–H and O–H groups in total. The maximum Gasteiger partial charge on any atom is 0.272 e. The highest BCUT2D eigenvalue weighted by molar-refractivity contribution is 6.32. The third-order valence-corrected chi connectivity index (χ3v) is 2.50. The summed E-state index contributed by atoms with van der Waals surface area (Å²) in [6, 6.07) is 9.72. The van der Waals surface area contributed by atoms with Crippen LogP contribution in [-0.4, -0.2) is 4.92 Å². The van der Waals surface area contributed by atoms with Gasteiger partial charge in [0.25, 0.3) is 5.69 Å². The van der Waals surface area contributed by atoms with Crippen molar-refractivity contribution in [3.63, 3.8) is 0 Å². The molecule has 0 aliphatic heterocycles. The lowest BCUT2D eigenvalue weighted by molar-refractivity contribution is -0.385. The summed E-state index contributed by atoms with van der Waals surface area (Å²) in [6.45, 7) is 0. The number of halogens is 2. The van der Waals surface area contributed by atoms with Crippen LogP contribution in [0.4, 0.5) is 10.1 Å². The van der Waals surface area contributed by atoms with E-state index in [1.54, 1.807) is 24.3 Å². The van der Waals surface area contributed by atoms with Gasteiger partial charge in [-0.05, 0) is 18.2 Å². The van der Waals surface area contributed by atoms with Crippen LogP contribution < -0.4 is 4.74 Å². The molecular weight excluding hydrogens is 261 g/mol. The first-order chi connectivity index (χ1) is 8.58. The van der Waals surface area contributed by atoms with E-state index in [-0.39, 0.29) is 17.2 Å². The van der Waals surface area contributed by atoms with Crippen LogP contribution in [0.5, 0.6) is 11.5 Å². The Morgan fingerprint density at radius 1 is 1.17 bits per heavy atom. The molecule has 0 fully saturated rings. The fourth-order valence-electron chi connectivity index (χ4n) is 1.33. The van der Waals surface area contributed by atoms with Gasteiger partial charge in [0.15, 0.2) is 11.6 Å². The Kier molecular flexibility index (Phi) is 3.43. The SMILES string of the molecule is O=[N+]([O-])c1ccc(Oc2ccccc2Cl)c(F)c1. The van der Waals surface area contributed by atoms with Crippen molar-refractivity contribution in [2.75, 3.05) is 0 Å². The second-order valence-electron chi connectivity index (χ2n) is 3.40. The molecule has 92 valence electrons. The molecule has 0 heterocycles. The Hall–Kier alpha value is -2.14. The number of nitrogens with zero attached hydrogens (tertiary/aromatic N) is 1. The number of benzene rings is 2. The number of rotatable bonds is 3. The maximum atomic E-state index is 13.6. The standard InChI is InChI=1S/C12H7ClFNO3/c13-9-3-1-2-4-11(9)18-12-6-5-8(15(16)17)7-10(12)14/h1-7H. The fourth-order valence-corrected chi connectivity index (χ4v) is 1.51. The molecule has 0 atom stereocenters. The van der Waals surface area contributed by atoms with Gasteiger partial charge in [-0.15, -0.1) is 0 Å². The van der Waals surface area contributed by atoms with E-state index >= 15 is 0 Å². The van der Waals surface area contributed by atoms with E-state index in [4.69, 9.17) is 16.3 Å². The van der Waals surface area contributed by atoms with Crippen LogP contribution >= 0.6 is 11.6 Å². The summed E-state index contributed by atoms with van der Waals surface area (Å²) in [5.41, 5.74) is -0.334. The van der Waals surface area contributed by atoms with E-state index in [2.05, 4.69) is 0 Å². The number of nitro benzene ring substituents is 1. The van der Waals surface area contributed by atoms with Crippen LogP contribution in [0.2, 0.25) is 5.02 Å². The minimum Gasteiger partial charge on any atom is -0.453 e. The number of nitro groups is 1. The van der Waals surface area contributed by atoms with Gasteiger partial charge < -0.3 is 4.74 Å². The molecule has 0 saturated carbocycles. The van der Waals surface area contributed by atoms with Gasteiger partial charge in [-0.25, -0.2) is 4.39 Å². The van der Waals surface area contributed by atoms with E-state index in [1.165, 1.54) is 6.07 Å². The highest BCUT2D eigenvalue weighted by Crippen LogP contribution is 2.31. The number of ether oxygens (including phenoxy) is 1. The minimum atomic E-state index is -0.816. The van der Waals surface area contributed by atoms with Crippen molar-refractivity contribution in [2.45, 2.75) is 0 Å². The second kappa shape index (κ2) is 5.01. The smallest absolute Gasteiger partial charge is 0.272 e. The third-order valence-electron chi connectivity index (χ3n) is 2.18. The van der Waals surface area contributed by atoms with E-state index in [0.29, 0.717) is 5.02 Å². The van der Waals surface area contributed by atoms with Crippen molar-refractivity contribution in [2.24, 2.45) is 0 Å². The molecule has 6 heteroatoms. The largest absolute Gasteiger partial charge is 0.453 e.